The highest BCUT2D eigenvalue weighted by molar-refractivity contribution is 5.47. The topological polar surface area (TPSA) is 28.2 Å². The summed E-state index contributed by atoms with van der Waals surface area (Å²) < 4.78 is 0. The lowest BCUT2D eigenvalue weighted by molar-refractivity contribution is 0.540. The molecule has 1 saturated carbocycles. The molecule has 0 radical (unpaired) electrons. The van der Waals surface area contributed by atoms with Crippen molar-refractivity contribution in [3.05, 3.63) is 23.4 Å². The number of nitrogens with zero attached hydrogens (tertiary/aromatic N) is 2. The summed E-state index contributed by atoms with van der Waals surface area (Å²) in [5, 5.41) is 3.27. The van der Waals surface area contributed by atoms with Gasteiger partial charge in [-0.3, -0.25) is 0 Å². The van der Waals surface area contributed by atoms with E-state index in [2.05, 4.69) is 43.1 Å². The van der Waals surface area contributed by atoms with E-state index in [1.807, 2.05) is 7.05 Å². The highest BCUT2D eigenvalue weighted by atomic mass is 15.2. The molecule has 2 heterocycles. The van der Waals surface area contributed by atoms with E-state index in [-0.39, 0.29) is 5.41 Å². The molecule has 110 valence electrons. The first kappa shape index (κ1) is 13.9. The van der Waals surface area contributed by atoms with E-state index in [0.717, 1.165) is 18.5 Å². The number of pyridine rings is 1. The van der Waals surface area contributed by atoms with Crippen LogP contribution in [0.3, 0.4) is 0 Å². The fourth-order valence-corrected chi connectivity index (χ4v) is 3.61. The Morgan fingerprint density at radius 2 is 2.10 bits per heavy atom. The zero-order chi connectivity index (χ0) is 14.3. The minimum atomic E-state index is 0.108. The third kappa shape index (κ3) is 2.56. The van der Waals surface area contributed by atoms with Crippen LogP contribution in [0.25, 0.3) is 0 Å². The van der Waals surface area contributed by atoms with Crippen molar-refractivity contribution in [2.45, 2.75) is 58.0 Å². The van der Waals surface area contributed by atoms with Gasteiger partial charge in [-0.25, -0.2) is 4.98 Å². The van der Waals surface area contributed by atoms with E-state index in [4.69, 9.17) is 4.98 Å². The average molecular weight is 273 g/mol. The first-order valence-electron chi connectivity index (χ1n) is 7.90. The molecule has 1 aliphatic heterocycles. The van der Waals surface area contributed by atoms with E-state index in [1.165, 1.54) is 42.9 Å². The van der Waals surface area contributed by atoms with E-state index < -0.39 is 0 Å². The van der Waals surface area contributed by atoms with Gasteiger partial charge in [0.15, 0.2) is 0 Å². The summed E-state index contributed by atoms with van der Waals surface area (Å²) in [6.45, 7) is 8.87. The highest BCUT2D eigenvalue weighted by Gasteiger charge is 2.38. The van der Waals surface area contributed by atoms with Crippen LogP contribution < -0.4 is 10.2 Å². The Labute approximate surface area is 122 Å². The Kier molecular flexibility index (Phi) is 3.49. The second kappa shape index (κ2) is 5.03. The molecule has 2 bridgehead atoms. The minimum Gasteiger partial charge on any atom is -0.353 e. The SMILES string of the molecule is CNCc1cc(N2CC3CCC2C3)nc(C(C)(C)C)c1. The van der Waals surface area contributed by atoms with Gasteiger partial charge in [0, 0.05) is 30.2 Å². The van der Waals surface area contributed by atoms with Crippen molar-refractivity contribution < 1.29 is 0 Å². The summed E-state index contributed by atoms with van der Waals surface area (Å²) in [5.74, 6) is 2.11. The lowest BCUT2D eigenvalue weighted by Gasteiger charge is -2.30. The monoisotopic (exact) mass is 273 g/mol. The Balaban J connectivity index is 1.95. The summed E-state index contributed by atoms with van der Waals surface area (Å²) in [4.78, 5) is 7.54. The van der Waals surface area contributed by atoms with Gasteiger partial charge < -0.3 is 10.2 Å². The summed E-state index contributed by atoms with van der Waals surface area (Å²) in [6, 6.07) is 5.28. The maximum atomic E-state index is 4.99. The molecule has 0 spiro atoms. The zero-order valence-corrected chi connectivity index (χ0v) is 13.2. The first-order chi connectivity index (χ1) is 9.47. The number of fused-ring (bicyclic) bond motifs is 2. The quantitative estimate of drug-likeness (QED) is 0.917. The molecule has 2 unspecified atom stereocenters. The maximum absolute atomic E-state index is 4.99. The van der Waals surface area contributed by atoms with Crippen molar-refractivity contribution in [3.63, 3.8) is 0 Å². The number of nitrogens with one attached hydrogen (secondary N) is 1. The fourth-order valence-electron chi connectivity index (χ4n) is 3.61. The molecule has 0 aromatic carbocycles. The average Bonchev–Trinajstić information content (AvgIpc) is 3.00. The van der Waals surface area contributed by atoms with Crippen LogP contribution in [0, 0.1) is 5.92 Å². The fraction of sp³-hybridized carbons (Fsp3) is 0.706. The van der Waals surface area contributed by atoms with E-state index in [0.29, 0.717) is 0 Å². The molecule has 3 nitrogen and oxygen atoms in total. The van der Waals surface area contributed by atoms with Crippen LogP contribution >= 0.6 is 0 Å². The number of piperidine rings is 1. The van der Waals surface area contributed by atoms with Crippen molar-refractivity contribution in [2.75, 3.05) is 18.5 Å². The Morgan fingerprint density at radius 3 is 2.65 bits per heavy atom. The maximum Gasteiger partial charge on any atom is 0.129 e. The smallest absolute Gasteiger partial charge is 0.129 e. The molecular formula is C17H27N3. The molecule has 1 aromatic rings. The molecule has 1 aromatic heterocycles. The van der Waals surface area contributed by atoms with E-state index in [9.17, 15) is 0 Å². The number of aromatic nitrogens is 1. The molecule has 0 amide bonds. The van der Waals surface area contributed by atoms with Gasteiger partial charge in [-0.2, -0.15) is 0 Å². The summed E-state index contributed by atoms with van der Waals surface area (Å²) in [6.07, 6.45) is 4.15. The zero-order valence-electron chi connectivity index (χ0n) is 13.2. The van der Waals surface area contributed by atoms with E-state index >= 15 is 0 Å². The number of anilines is 1. The molecule has 3 rings (SSSR count). The van der Waals surface area contributed by atoms with Gasteiger partial charge in [0.1, 0.15) is 5.82 Å². The largest absolute Gasteiger partial charge is 0.353 e. The third-order valence-electron chi connectivity index (χ3n) is 4.72. The van der Waals surface area contributed by atoms with E-state index in [1.54, 1.807) is 0 Å². The standard InChI is InChI=1S/C17H27N3/c1-17(2,3)15-8-13(10-18-4)9-16(19-15)20-11-12-5-6-14(20)7-12/h8-9,12,14,18H,5-7,10-11H2,1-4H3. The molecule has 1 saturated heterocycles. The van der Waals surface area contributed by atoms with Crippen molar-refractivity contribution in [2.24, 2.45) is 5.92 Å². The Bertz CT molecular complexity index is 489. The van der Waals surface area contributed by atoms with Gasteiger partial charge in [0.05, 0.1) is 0 Å². The third-order valence-corrected chi connectivity index (χ3v) is 4.72. The van der Waals surface area contributed by atoms with Gasteiger partial charge in [0.2, 0.25) is 0 Å². The van der Waals surface area contributed by atoms with Crippen molar-refractivity contribution >= 4 is 5.82 Å². The number of hydrogen-bond donors (Lipinski definition) is 1. The summed E-state index contributed by atoms with van der Waals surface area (Å²) in [7, 11) is 2.01. The van der Waals surface area contributed by atoms with Gasteiger partial charge in [-0.15, -0.1) is 0 Å². The summed E-state index contributed by atoms with van der Waals surface area (Å²) >= 11 is 0. The van der Waals surface area contributed by atoms with Gasteiger partial charge in [-0.05, 0) is 49.9 Å². The summed E-state index contributed by atoms with van der Waals surface area (Å²) in [5.41, 5.74) is 2.67. The molecule has 2 aliphatic rings. The Hall–Kier alpha value is -1.09. The van der Waals surface area contributed by atoms with Crippen LogP contribution in [0.1, 0.15) is 51.3 Å². The molecule has 1 aliphatic carbocycles. The van der Waals surface area contributed by atoms with Crippen molar-refractivity contribution in [1.82, 2.24) is 10.3 Å². The second-order valence-corrected chi connectivity index (χ2v) is 7.48. The van der Waals surface area contributed by atoms with Gasteiger partial charge in [-0.1, -0.05) is 20.8 Å². The molecule has 1 N–H and O–H groups in total. The second-order valence-electron chi connectivity index (χ2n) is 7.48. The number of rotatable bonds is 3. The Morgan fingerprint density at radius 1 is 1.30 bits per heavy atom. The van der Waals surface area contributed by atoms with Crippen molar-refractivity contribution in [3.8, 4) is 0 Å². The van der Waals surface area contributed by atoms with Crippen LogP contribution in [0.15, 0.2) is 12.1 Å². The van der Waals surface area contributed by atoms with Crippen molar-refractivity contribution in [1.29, 1.82) is 0 Å². The highest BCUT2D eigenvalue weighted by Crippen LogP contribution is 2.40. The van der Waals surface area contributed by atoms with Gasteiger partial charge in [0.25, 0.3) is 0 Å². The van der Waals surface area contributed by atoms with Gasteiger partial charge >= 0.3 is 0 Å². The molecular weight excluding hydrogens is 246 g/mol. The van der Waals surface area contributed by atoms with Crippen LogP contribution in [0.5, 0.6) is 0 Å². The first-order valence-corrected chi connectivity index (χ1v) is 7.90. The lowest BCUT2D eigenvalue weighted by atomic mass is 9.90. The molecule has 20 heavy (non-hydrogen) atoms. The number of hydrogen-bond acceptors (Lipinski definition) is 3. The van der Waals surface area contributed by atoms with Crippen LogP contribution in [0.2, 0.25) is 0 Å². The molecule has 2 fully saturated rings. The van der Waals surface area contributed by atoms with Crippen LogP contribution in [-0.2, 0) is 12.0 Å². The lowest BCUT2D eigenvalue weighted by Crippen LogP contribution is -2.33. The van der Waals surface area contributed by atoms with Crippen LogP contribution in [-0.4, -0.2) is 24.6 Å². The normalized spacial score (nSPS) is 25.5. The molecule has 2 atom stereocenters. The minimum absolute atomic E-state index is 0.108. The van der Waals surface area contributed by atoms with Crippen LogP contribution in [0.4, 0.5) is 5.82 Å². The predicted octanol–water partition coefficient (Wildman–Crippen LogP) is 3.09. The predicted molar refractivity (Wildman–Crippen MR) is 84.2 cm³/mol. The molecule has 3 heteroatoms.